The fourth-order valence-corrected chi connectivity index (χ4v) is 1.55. The molecule has 1 atom stereocenters. The summed E-state index contributed by atoms with van der Waals surface area (Å²) in [6.45, 7) is 0. The lowest BCUT2D eigenvalue weighted by atomic mass is 10.0. The quantitative estimate of drug-likeness (QED) is 0.856. The van der Waals surface area contributed by atoms with Crippen LogP contribution in [0.1, 0.15) is 17.2 Å². The third-order valence-electron chi connectivity index (χ3n) is 2.43. The van der Waals surface area contributed by atoms with E-state index >= 15 is 0 Å². The fraction of sp³-hybridized carbons (Fsp3) is 0.154. The Bertz CT molecular complexity index is 441. The second-order valence-electron chi connectivity index (χ2n) is 3.63. The molecule has 16 heavy (non-hydrogen) atoms. The molecular weight excluding hydrogens is 205 g/mol. The van der Waals surface area contributed by atoms with E-state index in [0.717, 1.165) is 11.1 Å². The van der Waals surface area contributed by atoms with Crippen LogP contribution in [0.25, 0.3) is 0 Å². The molecule has 82 valence electrons. The zero-order chi connectivity index (χ0) is 11.4. The number of rotatable bonds is 3. The SMILES string of the molecule is O[C@H](Cc1ccc(F)cc1)c1ccncc1. The molecule has 0 amide bonds. The lowest BCUT2D eigenvalue weighted by Crippen LogP contribution is -2.01. The highest BCUT2D eigenvalue weighted by molar-refractivity contribution is 5.21. The van der Waals surface area contributed by atoms with Gasteiger partial charge in [0.2, 0.25) is 0 Å². The highest BCUT2D eigenvalue weighted by Gasteiger charge is 2.07. The van der Waals surface area contributed by atoms with Gasteiger partial charge >= 0.3 is 0 Å². The van der Waals surface area contributed by atoms with Crippen LogP contribution in [0.15, 0.2) is 48.8 Å². The molecule has 0 radical (unpaired) electrons. The van der Waals surface area contributed by atoms with Crippen LogP contribution in [-0.4, -0.2) is 10.1 Å². The van der Waals surface area contributed by atoms with Gasteiger partial charge in [0.05, 0.1) is 6.10 Å². The molecule has 1 aromatic heterocycles. The number of benzene rings is 1. The van der Waals surface area contributed by atoms with Crippen LogP contribution < -0.4 is 0 Å². The first-order valence-electron chi connectivity index (χ1n) is 5.08. The average Bonchev–Trinajstić information content (AvgIpc) is 2.33. The number of aromatic nitrogens is 1. The Balaban J connectivity index is 2.08. The van der Waals surface area contributed by atoms with Crippen molar-refractivity contribution in [2.45, 2.75) is 12.5 Å². The molecule has 0 saturated carbocycles. The first-order valence-corrected chi connectivity index (χ1v) is 5.08. The van der Waals surface area contributed by atoms with E-state index in [-0.39, 0.29) is 5.82 Å². The lowest BCUT2D eigenvalue weighted by molar-refractivity contribution is 0.178. The molecule has 2 rings (SSSR count). The molecule has 3 heteroatoms. The predicted molar refractivity (Wildman–Crippen MR) is 59.3 cm³/mol. The summed E-state index contributed by atoms with van der Waals surface area (Å²) in [6, 6.07) is 9.70. The summed E-state index contributed by atoms with van der Waals surface area (Å²) >= 11 is 0. The van der Waals surface area contributed by atoms with E-state index in [9.17, 15) is 9.50 Å². The smallest absolute Gasteiger partial charge is 0.123 e. The van der Waals surface area contributed by atoms with Crippen molar-refractivity contribution in [1.29, 1.82) is 0 Å². The molecule has 2 aromatic rings. The van der Waals surface area contributed by atoms with Gasteiger partial charge in [0.15, 0.2) is 0 Å². The molecule has 0 fully saturated rings. The maximum absolute atomic E-state index is 12.7. The number of aliphatic hydroxyl groups is 1. The van der Waals surface area contributed by atoms with Crippen molar-refractivity contribution in [2.24, 2.45) is 0 Å². The third-order valence-corrected chi connectivity index (χ3v) is 2.43. The topological polar surface area (TPSA) is 33.1 Å². The molecule has 0 aliphatic heterocycles. The Kier molecular flexibility index (Phi) is 3.27. The second kappa shape index (κ2) is 4.86. The van der Waals surface area contributed by atoms with E-state index < -0.39 is 6.10 Å². The van der Waals surface area contributed by atoms with Crippen LogP contribution in [-0.2, 0) is 6.42 Å². The molecule has 0 spiro atoms. The number of aliphatic hydroxyl groups excluding tert-OH is 1. The van der Waals surface area contributed by atoms with Crippen molar-refractivity contribution < 1.29 is 9.50 Å². The monoisotopic (exact) mass is 217 g/mol. The van der Waals surface area contributed by atoms with Crippen LogP contribution in [0, 0.1) is 5.82 Å². The van der Waals surface area contributed by atoms with Gasteiger partial charge in [-0.25, -0.2) is 4.39 Å². The van der Waals surface area contributed by atoms with Gasteiger partial charge in [-0.2, -0.15) is 0 Å². The van der Waals surface area contributed by atoms with Crippen molar-refractivity contribution in [1.82, 2.24) is 4.98 Å². The van der Waals surface area contributed by atoms with Gasteiger partial charge in [0.1, 0.15) is 5.82 Å². The molecule has 0 aliphatic carbocycles. The van der Waals surface area contributed by atoms with E-state index in [1.807, 2.05) is 0 Å². The molecule has 0 bridgehead atoms. The first-order chi connectivity index (χ1) is 7.75. The summed E-state index contributed by atoms with van der Waals surface area (Å²) in [5.41, 5.74) is 1.73. The zero-order valence-electron chi connectivity index (χ0n) is 8.68. The molecular formula is C13H12FNO. The Morgan fingerprint density at radius 2 is 1.69 bits per heavy atom. The summed E-state index contributed by atoms with van der Waals surface area (Å²) in [4.78, 5) is 3.89. The molecule has 0 saturated heterocycles. The van der Waals surface area contributed by atoms with Crippen molar-refractivity contribution in [2.75, 3.05) is 0 Å². The van der Waals surface area contributed by atoms with Gasteiger partial charge in [-0.15, -0.1) is 0 Å². The molecule has 2 nitrogen and oxygen atoms in total. The Morgan fingerprint density at radius 3 is 2.31 bits per heavy atom. The van der Waals surface area contributed by atoms with Crippen LogP contribution in [0.4, 0.5) is 4.39 Å². The van der Waals surface area contributed by atoms with E-state index in [0.29, 0.717) is 6.42 Å². The summed E-state index contributed by atoms with van der Waals surface area (Å²) in [5.74, 6) is -0.262. The molecule has 1 heterocycles. The standard InChI is InChI=1S/C13H12FNO/c14-12-3-1-10(2-4-12)9-13(16)11-5-7-15-8-6-11/h1-8,13,16H,9H2/t13-/m1/s1. The Morgan fingerprint density at radius 1 is 1.06 bits per heavy atom. The Hall–Kier alpha value is -1.74. The van der Waals surface area contributed by atoms with E-state index in [1.54, 1.807) is 36.7 Å². The number of nitrogens with zero attached hydrogens (tertiary/aromatic N) is 1. The number of pyridine rings is 1. The van der Waals surface area contributed by atoms with E-state index in [4.69, 9.17) is 0 Å². The van der Waals surface area contributed by atoms with Crippen molar-refractivity contribution in [3.8, 4) is 0 Å². The molecule has 1 aromatic carbocycles. The average molecular weight is 217 g/mol. The van der Waals surface area contributed by atoms with Crippen LogP contribution in [0.5, 0.6) is 0 Å². The second-order valence-corrected chi connectivity index (χ2v) is 3.63. The highest BCUT2D eigenvalue weighted by atomic mass is 19.1. The van der Waals surface area contributed by atoms with Crippen LogP contribution in [0.3, 0.4) is 0 Å². The van der Waals surface area contributed by atoms with E-state index in [1.165, 1.54) is 12.1 Å². The fourth-order valence-electron chi connectivity index (χ4n) is 1.55. The minimum absolute atomic E-state index is 0.262. The predicted octanol–water partition coefficient (Wildman–Crippen LogP) is 2.50. The summed E-state index contributed by atoms with van der Waals surface area (Å²) in [7, 11) is 0. The summed E-state index contributed by atoms with van der Waals surface area (Å²) in [5, 5.41) is 9.92. The van der Waals surface area contributed by atoms with Gasteiger partial charge < -0.3 is 5.11 Å². The molecule has 0 aliphatic rings. The van der Waals surface area contributed by atoms with Crippen molar-refractivity contribution >= 4 is 0 Å². The number of halogens is 1. The van der Waals surface area contributed by atoms with Gasteiger partial charge in [0, 0.05) is 18.8 Å². The maximum Gasteiger partial charge on any atom is 0.123 e. The largest absolute Gasteiger partial charge is 0.388 e. The van der Waals surface area contributed by atoms with Crippen molar-refractivity contribution in [3.63, 3.8) is 0 Å². The minimum Gasteiger partial charge on any atom is -0.388 e. The highest BCUT2D eigenvalue weighted by Crippen LogP contribution is 2.17. The normalized spacial score (nSPS) is 12.4. The van der Waals surface area contributed by atoms with Crippen LogP contribution in [0.2, 0.25) is 0 Å². The molecule has 0 unspecified atom stereocenters. The number of hydrogen-bond acceptors (Lipinski definition) is 2. The zero-order valence-corrected chi connectivity index (χ0v) is 8.68. The maximum atomic E-state index is 12.7. The van der Waals surface area contributed by atoms with Gasteiger partial charge in [0.25, 0.3) is 0 Å². The first kappa shape index (κ1) is 10.8. The Labute approximate surface area is 93.4 Å². The van der Waals surface area contributed by atoms with Gasteiger partial charge in [-0.1, -0.05) is 12.1 Å². The third kappa shape index (κ3) is 2.64. The lowest BCUT2D eigenvalue weighted by Gasteiger charge is -2.10. The van der Waals surface area contributed by atoms with Crippen LogP contribution >= 0.6 is 0 Å². The summed E-state index contributed by atoms with van der Waals surface area (Å²) < 4.78 is 12.7. The van der Waals surface area contributed by atoms with Crippen molar-refractivity contribution in [3.05, 3.63) is 65.7 Å². The molecule has 1 N–H and O–H groups in total. The van der Waals surface area contributed by atoms with Gasteiger partial charge in [-0.05, 0) is 35.4 Å². The minimum atomic E-state index is -0.575. The van der Waals surface area contributed by atoms with E-state index in [2.05, 4.69) is 4.98 Å². The van der Waals surface area contributed by atoms with Gasteiger partial charge in [-0.3, -0.25) is 4.98 Å². The number of hydrogen-bond donors (Lipinski definition) is 1. The summed E-state index contributed by atoms with van der Waals surface area (Å²) in [6.07, 6.45) is 3.19.